The Labute approximate surface area is 134 Å². The Bertz CT molecular complexity index is 756. The molecule has 0 amide bonds. The molecule has 124 valence electrons. The van der Waals surface area contributed by atoms with Gasteiger partial charge in [0.2, 0.25) is 5.95 Å². The molecule has 1 fully saturated rings. The van der Waals surface area contributed by atoms with Gasteiger partial charge < -0.3 is 14.6 Å². The van der Waals surface area contributed by atoms with Crippen molar-refractivity contribution in [3.8, 4) is 0 Å². The summed E-state index contributed by atoms with van der Waals surface area (Å²) in [4.78, 5) is 17.2. The molecule has 0 atom stereocenters. The first-order valence-corrected chi connectivity index (χ1v) is 8.68. The van der Waals surface area contributed by atoms with E-state index in [-0.39, 0.29) is 11.6 Å². The predicted octanol–water partition coefficient (Wildman–Crippen LogP) is -0.177. The van der Waals surface area contributed by atoms with Crippen LogP contribution in [0, 0.1) is 6.92 Å². The molecule has 1 aliphatic rings. The van der Waals surface area contributed by atoms with Gasteiger partial charge in [0, 0.05) is 18.8 Å². The first-order valence-electron chi connectivity index (χ1n) is 7.20. The number of H-pyrrole nitrogens is 1. The van der Waals surface area contributed by atoms with Crippen LogP contribution in [-0.2, 0) is 21.3 Å². The zero-order valence-corrected chi connectivity index (χ0v) is 13.5. The second kappa shape index (κ2) is 6.60. The van der Waals surface area contributed by atoms with Crippen molar-refractivity contribution in [3.63, 3.8) is 0 Å². The fourth-order valence-corrected chi connectivity index (χ4v) is 3.15. The van der Waals surface area contributed by atoms with E-state index in [1.54, 1.807) is 6.07 Å². The average Bonchev–Trinajstić information content (AvgIpc) is 3.09. The molecule has 10 heteroatoms. The van der Waals surface area contributed by atoms with Crippen LogP contribution in [0.15, 0.2) is 23.6 Å². The quantitative estimate of drug-likeness (QED) is 0.777. The van der Waals surface area contributed by atoms with Crippen LogP contribution in [0.1, 0.15) is 11.4 Å². The number of hydrogen-bond acceptors (Lipinski definition) is 7. The van der Waals surface area contributed by atoms with E-state index in [2.05, 4.69) is 24.7 Å². The third-order valence-corrected chi connectivity index (χ3v) is 4.72. The van der Waals surface area contributed by atoms with Gasteiger partial charge in [0.1, 0.15) is 0 Å². The van der Waals surface area contributed by atoms with E-state index in [0.717, 1.165) is 18.8 Å². The van der Waals surface area contributed by atoms with E-state index >= 15 is 0 Å². The van der Waals surface area contributed by atoms with Crippen LogP contribution in [0.25, 0.3) is 0 Å². The minimum Gasteiger partial charge on any atom is -0.378 e. The smallest absolute Gasteiger partial charge is 0.257 e. The van der Waals surface area contributed by atoms with E-state index in [9.17, 15) is 8.42 Å². The summed E-state index contributed by atoms with van der Waals surface area (Å²) in [5.41, 5.74) is 1.40. The molecule has 3 heterocycles. The lowest BCUT2D eigenvalue weighted by molar-refractivity contribution is 0.122. The molecule has 0 radical (unpaired) electrons. The maximum atomic E-state index is 12.1. The summed E-state index contributed by atoms with van der Waals surface area (Å²) >= 11 is 0. The van der Waals surface area contributed by atoms with Crippen molar-refractivity contribution in [2.75, 3.05) is 31.2 Å². The van der Waals surface area contributed by atoms with Gasteiger partial charge in [-0.1, -0.05) is 0 Å². The zero-order chi connectivity index (χ0) is 16.3. The Hall–Kier alpha value is -2.04. The van der Waals surface area contributed by atoms with Gasteiger partial charge in [-0.2, -0.15) is 0 Å². The maximum Gasteiger partial charge on any atom is 0.257 e. The predicted molar refractivity (Wildman–Crippen MR) is 82.4 cm³/mol. The van der Waals surface area contributed by atoms with E-state index in [0.29, 0.717) is 24.9 Å². The number of anilines is 1. The minimum atomic E-state index is -3.63. The summed E-state index contributed by atoms with van der Waals surface area (Å²) in [6.07, 6.45) is 2.58. The summed E-state index contributed by atoms with van der Waals surface area (Å²) in [6.45, 7) is 4.67. The Morgan fingerprint density at radius 1 is 1.35 bits per heavy atom. The molecule has 1 aliphatic heterocycles. The molecule has 0 saturated carbocycles. The molecule has 0 bridgehead atoms. The number of nitrogens with zero attached hydrogens (tertiary/aromatic N) is 4. The van der Waals surface area contributed by atoms with Crippen LogP contribution in [0.3, 0.4) is 0 Å². The van der Waals surface area contributed by atoms with Crippen LogP contribution >= 0.6 is 0 Å². The summed E-state index contributed by atoms with van der Waals surface area (Å²) in [7, 11) is -3.63. The second-order valence-electron chi connectivity index (χ2n) is 5.14. The van der Waals surface area contributed by atoms with Gasteiger partial charge >= 0.3 is 0 Å². The Morgan fingerprint density at radius 3 is 2.83 bits per heavy atom. The van der Waals surface area contributed by atoms with Crippen LogP contribution in [0.2, 0.25) is 0 Å². The lowest BCUT2D eigenvalue weighted by atomic mass is 10.3. The van der Waals surface area contributed by atoms with E-state index in [1.165, 1.54) is 12.5 Å². The summed E-state index contributed by atoms with van der Waals surface area (Å²) in [5, 5.41) is 0.0247. The maximum absolute atomic E-state index is 12.1. The van der Waals surface area contributed by atoms with Gasteiger partial charge in [-0.3, -0.25) is 0 Å². The van der Waals surface area contributed by atoms with Gasteiger partial charge in [0.05, 0.1) is 38.0 Å². The number of aromatic nitrogens is 4. The van der Waals surface area contributed by atoms with E-state index < -0.39 is 10.0 Å². The fourth-order valence-electron chi connectivity index (χ4n) is 2.25. The van der Waals surface area contributed by atoms with Gasteiger partial charge in [0.15, 0.2) is 5.03 Å². The van der Waals surface area contributed by atoms with Crippen molar-refractivity contribution < 1.29 is 13.2 Å². The van der Waals surface area contributed by atoms with E-state index in [4.69, 9.17) is 4.74 Å². The summed E-state index contributed by atoms with van der Waals surface area (Å²) < 4.78 is 32.0. The van der Waals surface area contributed by atoms with Gasteiger partial charge in [-0.15, -0.1) is 0 Å². The van der Waals surface area contributed by atoms with Crippen molar-refractivity contribution >= 4 is 16.0 Å². The number of rotatable bonds is 5. The zero-order valence-electron chi connectivity index (χ0n) is 12.7. The van der Waals surface area contributed by atoms with E-state index in [1.807, 2.05) is 11.8 Å². The number of aromatic amines is 1. The number of ether oxygens (including phenoxy) is 1. The first kappa shape index (κ1) is 15.8. The number of imidazole rings is 1. The van der Waals surface area contributed by atoms with Crippen molar-refractivity contribution in [2.24, 2.45) is 0 Å². The summed E-state index contributed by atoms with van der Waals surface area (Å²) in [5.74, 6) is 0.601. The highest BCUT2D eigenvalue weighted by molar-refractivity contribution is 7.89. The standard InChI is InChI=1S/C13H18N6O3S/c1-10-6-11(7-16-23(20,21)12-8-14-9-15-12)18-13(17-10)19-2-4-22-5-3-19/h6,8-9,16H,2-5,7H2,1H3,(H,14,15). The number of hydrogen-bond donors (Lipinski definition) is 2. The monoisotopic (exact) mass is 338 g/mol. The van der Waals surface area contributed by atoms with Crippen molar-refractivity contribution in [2.45, 2.75) is 18.5 Å². The van der Waals surface area contributed by atoms with Crippen molar-refractivity contribution in [1.82, 2.24) is 24.7 Å². The Kier molecular flexibility index (Phi) is 4.55. The molecule has 23 heavy (non-hydrogen) atoms. The lowest BCUT2D eigenvalue weighted by Gasteiger charge is -2.27. The first-order chi connectivity index (χ1) is 11.0. The van der Waals surface area contributed by atoms with Crippen molar-refractivity contribution in [1.29, 1.82) is 0 Å². The summed E-state index contributed by atoms with van der Waals surface area (Å²) in [6, 6.07) is 1.76. The minimum absolute atomic E-state index is 0.0247. The molecule has 0 aliphatic carbocycles. The third kappa shape index (κ3) is 3.84. The Balaban J connectivity index is 1.74. The number of morpholine rings is 1. The number of sulfonamides is 1. The van der Waals surface area contributed by atoms with Gasteiger partial charge in [-0.25, -0.2) is 28.1 Å². The molecule has 1 saturated heterocycles. The lowest BCUT2D eigenvalue weighted by Crippen LogP contribution is -2.37. The van der Waals surface area contributed by atoms with Crippen LogP contribution in [0.5, 0.6) is 0 Å². The largest absolute Gasteiger partial charge is 0.378 e. The average molecular weight is 338 g/mol. The number of aryl methyl sites for hydroxylation is 1. The van der Waals surface area contributed by atoms with Gasteiger partial charge in [-0.05, 0) is 13.0 Å². The fraction of sp³-hybridized carbons (Fsp3) is 0.462. The van der Waals surface area contributed by atoms with Crippen molar-refractivity contribution in [3.05, 3.63) is 30.0 Å². The third-order valence-electron chi connectivity index (χ3n) is 3.40. The second-order valence-corrected chi connectivity index (χ2v) is 6.88. The van der Waals surface area contributed by atoms with Crippen LogP contribution in [0.4, 0.5) is 5.95 Å². The van der Waals surface area contributed by atoms with Gasteiger partial charge in [0.25, 0.3) is 10.0 Å². The van der Waals surface area contributed by atoms with Crippen LogP contribution in [-0.4, -0.2) is 54.7 Å². The molecular weight excluding hydrogens is 320 g/mol. The highest BCUT2D eigenvalue weighted by atomic mass is 32.2. The normalized spacial score (nSPS) is 15.8. The topological polar surface area (TPSA) is 113 Å². The molecule has 2 aromatic heterocycles. The molecule has 9 nitrogen and oxygen atoms in total. The number of nitrogens with one attached hydrogen (secondary N) is 2. The molecule has 0 unspecified atom stereocenters. The molecular formula is C13H18N6O3S. The highest BCUT2D eigenvalue weighted by Gasteiger charge is 2.18. The SMILES string of the molecule is Cc1cc(CNS(=O)(=O)c2cnc[nH]2)nc(N2CCOCC2)n1. The molecule has 2 N–H and O–H groups in total. The molecule has 0 aromatic carbocycles. The Morgan fingerprint density at radius 2 is 2.13 bits per heavy atom. The molecule has 2 aromatic rings. The highest BCUT2D eigenvalue weighted by Crippen LogP contribution is 2.13. The molecule has 0 spiro atoms. The van der Waals surface area contributed by atoms with Crippen LogP contribution < -0.4 is 9.62 Å². The molecule has 3 rings (SSSR count).